The van der Waals surface area contributed by atoms with Gasteiger partial charge in [-0.3, -0.25) is 0 Å². The average molecular weight is 400 g/mol. The summed E-state index contributed by atoms with van der Waals surface area (Å²) in [6.45, 7) is 1.77. The van der Waals surface area contributed by atoms with Crippen LogP contribution >= 0.6 is 15.9 Å². The third-order valence-electron chi connectivity index (χ3n) is 3.37. The van der Waals surface area contributed by atoms with Crippen molar-refractivity contribution in [3.8, 4) is 11.5 Å². The molecule has 1 unspecified atom stereocenters. The lowest BCUT2D eigenvalue weighted by molar-refractivity contribution is 0.405. The summed E-state index contributed by atoms with van der Waals surface area (Å²) in [7, 11) is -0.591. The van der Waals surface area contributed by atoms with Crippen LogP contribution in [0.25, 0.3) is 0 Å². The first-order valence-electron chi connectivity index (χ1n) is 6.88. The van der Waals surface area contributed by atoms with Crippen molar-refractivity contribution in [3.05, 3.63) is 52.5 Å². The van der Waals surface area contributed by atoms with E-state index in [0.717, 1.165) is 5.56 Å². The lowest BCUT2D eigenvalue weighted by Gasteiger charge is -2.17. The number of ether oxygens (including phenoxy) is 2. The molecule has 0 spiro atoms. The Morgan fingerprint density at radius 2 is 1.70 bits per heavy atom. The molecule has 0 saturated carbocycles. The average Bonchev–Trinajstić information content (AvgIpc) is 2.54. The van der Waals surface area contributed by atoms with Crippen molar-refractivity contribution < 1.29 is 17.9 Å². The number of rotatable bonds is 6. The Morgan fingerprint density at radius 1 is 1.04 bits per heavy atom. The standard InChI is InChI=1S/C16H18BrNO4S/c1-11(13-6-4-5-7-15(13)21-2)18-23(19,20)12-8-9-16(22-3)14(17)10-12/h4-11,18H,1-3H3. The summed E-state index contributed by atoms with van der Waals surface area (Å²) < 4.78 is 38.7. The number of nitrogens with one attached hydrogen (secondary N) is 1. The van der Waals surface area contributed by atoms with Gasteiger partial charge in [0.1, 0.15) is 11.5 Å². The Morgan fingerprint density at radius 3 is 2.30 bits per heavy atom. The van der Waals surface area contributed by atoms with Gasteiger partial charge in [0.05, 0.1) is 23.6 Å². The molecule has 0 saturated heterocycles. The van der Waals surface area contributed by atoms with E-state index in [1.54, 1.807) is 26.2 Å². The molecule has 2 aromatic carbocycles. The molecule has 0 amide bonds. The minimum Gasteiger partial charge on any atom is -0.496 e. The first-order chi connectivity index (χ1) is 10.9. The topological polar surface area (TPSA) is 64.6 Å². The van der Waals surface area contributed by atoms with Crippen LogP contribution in [-0.2, 0) is 10.0 Å². The number of hydrogen-bond acceptors (Lipinski definition) is 4. The van der Waals surface area contributed by atoms with Gasteiger partial charge in [-0.2, -0.15) is 0 Å². The van der Waals surface area contributed by atoms with Crippen molar-refractivity contribution in [1.82, 2.24) is 4.72 Å². The maximum Gasteiger partial charge on any atom is 0.241 e. The number of benzene rings is 2. The maximum atomic E-state index is 12.6. The molecule has 0 bridgehead atoms. The van der Waals surface area contributed by atoms with Gasteiger partial charge in [-0.25, -0.2) is 13.1 Å². The number of halogens is 1. The molecule has 0 aliphatic rings. The molecule has 0 heterocycles. The summed E-state index contributed by atoms with van der Waals surface area (Å²) in [5.41, 5.74) is 0.770. The maximum absolute atomic E-state index is 12.6. The van der Waals surface area contributed by atoms with E-state index in [1.165, 1.54) is 19.2 Å². The van der Waals surface area contributed by atoms with Gasteiger partial charge >= 0.3 is 0 Å². The molecule has 7 heteroatoms. The van der Waals surface area contributed by atoms with E-state index in [-0.39, 0.29) is 4.90 Å². The second kappa shape index (κ2) is 7.33. The first-order valence-corrected chi connectivity index (χ1v) is 9.15. The third-order valence-corrected chi connectivity index (χ3v) is 5.53. The van der Waals surface area contributed by atoms with E-state index >= 15 is 0 Å². The molecular weight excluding hydrogens is 382 g/mol. The largest absolute Gasteiger partial charge is 0.496 e. The van der Waals surface area contributed by atoms with Crippen LogP contribution < -0.4 is 14.2 Å². The molecule has 1 N–H and O–H groups in total. The van der Waals surface area contributed by atoms with Crippen molar-refractivity contribution in [2.24, 2.45) is 0 Å². The predicted octanol–water partition coefficient (Wildman–Crippen LogP) is 3.51. The summed E-state index contributed by atoms with van der Waals surface area (Å²) in [6, 6.07) is 11.5. The fraction of sp³-hybridized carbons (Fsp3) is 0.250. The molecule has 0 radical (unpaired) electrons. The quantitative estimate of drug-likeness (QED) is 0.806. The zero-order valence-corrected chi connectivity index (χ0v) is 15.4. The van der Waals surface area contributed by atoms with Crippen molar-refractivity contribution in [3.63, 3.8) is 0 Å². The van der Waals surface area contributed by atoms with Crippen LogP contribution in [0, 0.1) is 0 Å². The lowest BCUT2D eigenvalue weighted by atomic mass is 10.1. The summed E-state index contributed by atoms with van der Waals surface area (Å²) in [6.07, 6.45) is 0. The Kier molecular flexibility index (Phi) is 5.67. The monoisotopic (exact) mass is 399 g/mol. The van der Waals surface area contributed by atoms with E-state index in [2.05, 4.69) is 20.7 Å². The number of sulfonamides is 1. The highest BCUT2D eigenvalue weighted by Crippen LogP contribution is 2.29. The van der Waals surface area contributed by atoms with Gasteiger partial charge in [-0.05, 0) is 47.1 Å². The van der Waals surface area contributed by atoms with Crippen molar-refractivity contribution >= 4 is 26.0 Å². The molecule has 23 heavy (non-hydrogen) atoms. The summed E-state index contributed by atoms with van der Waals surface area (Å²) in [4.78, 5) is 0.159. The van der Waals surface area contributed by atoms with Gasteiger partial charge in [0.15, 0.2) is 0 Å². The molecule has 0 aliphatic carbocycles. The fourth-order valence-electron chi connectivity index (χ4n) is 2.20. The van der Waals surface area contributed by atoms with Crippen LogP contribution in [0.5, 0.6) is 11.5 Å². The van der Waals surface area contributed by atoms with Crippen LogP contribution in [0.1, 0.15) is 18.5 Å². The molecule has 124 valence electrons. The van der Waals surface area contributed by atoms with E-state index in [0.29, 0.717) is 16.0 Å². The van der Waals surface area contributed by atoms with Gasteiger partial charge in [0.2, 0.25) is 10.0 Å². The second-order valence-corrected chi connectivity index (χ2v) is 7.45. The summed E-state index contributed by atoms with van der Waals surface area (Å²) >= 11 is 3.30. The summed E-state index contributed by atoms with van der Waals surface area (Å²) in [5.74, 6) is 1.21. The van der Waals surface area contributed by atoms with Gasteiger partial charge in [-0.15, -0.1) is 0 Å². The van der Waals surface area contributed by atoms with E-state index in [1.807, 2.05) is 18.2 Å². The summed E-state index contributed by atoms with van der Waals surface area (Å²) in [5, 5.41) is 0. The predicted molar refractivity (Wildman–Crippen MR) is 92.4 cm³/mol. The highest BCUT2D eigenvalue weighted by molar-refractivity contribution is 9.10. The molecule has 0 fully saturated rings. The SMILES string of the molecule is COc1ccc(S(=O)(=O)NC(C)c2ccccc2OC)cc1Br. The normalized spacial score (nSPS) is 12.7. The van der Waals surface area contributed by atoms with Crippen LogP contribution in [-0.4, -0.2) is 22.6 Å². The molecular formula is C16H18BrNO4S. The molecule has 0 aliphatic heterocycles. The third kappa shape index (κ3) is 4.04. The van der Waals surface area contributed by atoms with E-state index < -0.39 is 16.1 Å². The Labute approximate surface area is 144 Å². The zero-order valence-electron chi connectivity index (χ0n) is 13.0. The smallest absolute Gasteiger partial charge is 0.241 e. The Balaban J connectivity index is 2.29. The van der Waals surface area contributed by atoms with E-state index in [4.69, 9.17) is 9.47 Å². The number of methoxy groups -OCH3 is 2. The van der Waals surface area contributed by atoms with Crippen LogP contribution in [0.4, 0.5) is 0 Å². The van der Waals surface area contributed by atoms with Crippen LogP contribution in [0.3, 0.4) is 0 Å². The highest BCUT2D eigenvalue weighted by atomic mass is 79.9. The van der Waals surface area contributed by atoms with Crippen LogP contribution in [0.15, 0.2) is 51.8 Å². The Hall–Kier alpha value is -1.57. The number of para-hydroxylation sites is 1. The first kappa shape index (κ1) is 17.8. The molecule has 0 aromatic heterocycles. The van der Waals surface area contributed by atoms with Gasteiger partial charge < -0.3 is 9.47 Å². The molecule has 2 aromatic rings. The molecule has 2 rings (SSSR count). The van der Waals surface area contributed by atoms with Gasteiger partial charge in [0.25, 0.3) is 0 Å². The highest BCUT2D eigenvalue weighted by Gasteiger charge is 2.21. The zero-order chi connectivity index (χ0) is 17.0. The minimum absolute atomic E-state index is 0.159. The second-order valence-electron chi connectivity index (χ2n) is 4.88. The fourth-order valence-corrected chi connectivity index (χ4v) is 4.14. The van der Waals surface area contributed by atoms with Crippen molar-refractivity contribution in [1.29, 1.82) is 0 Å². The van der Waals surface area contributed by atoms with Crippen molar-refractivity contribution in [2.75, 3.05) is 14.2 Å². The molecule has 1 atom stereocenters. The number of hydrogen-bond donors (Lipinski definition) is 1. The van der Waals surface area contributed by atoms with Gasteiger partial charge in [0, 0.05) is 11.6 Å². The van der Waals surface area contributed by atoms with Gasteiger partial charge in [-0.1, -0.05) is 18.2 Å². The van der Waals surface area contributed by atoms with E-state index in [9.17, 15) is 8.42 Å². The van der Waals surface area contributed by atoms with Crippen LogP contribution in [0.2, 0.25) is 0 Å². The minimum atomic E-state index is -3.67. The van der Waals surface area contributed by atoms with Crippen molar-refractivity contribution in [2.45, 2.75) is 17.9 Å². The Bertz CT molecular complexity index is 792. The lowest BCUT2D eigenvalue weighted by Crippen LogP contribution is -2.27. The molecule has 5 nitrogen and oxygen atoms in total.